The number of ether oxygens (including phenoxy) is 2. The molecule has 0 radical (unpaired) electrons. The fraction of sp³-hybridized carbons (Fsp3) is 0.889. The van der Waals surface area contributed by atoms with Crippen molar-refractivity contribution >= 4 is 5.96 Å². The second-order valence-electron chi connectivity index (χ2n) is 2.62. The first-order chi connectivity index (χ1) is 6.85. The third kappa shape index (κ3) is 7.82. The largest absolute Gasteiger partial charge is 0.383 e. The summed E-state index contributed by atoms with van der Waals surface area (Å²) >= 11 is 0. The average molecular weight is 203 g/mol. The Bertz CT molecular complexity index is 151. The Hall–Kier alpha value is -0.810. The lowest BCUT2D eigenvalue weighted by Gasteiger charge is -2.11. The lowest BCUT2D eigenvalue weighted by atomic mass is 10.6. The van der Waals surface area contributed by atoms with Crippen LogP contribution < -0.4 is 10.6 Å². The second kappa shape index (κ2) is 10.3. The predicted molar refractivity (Wildman–Crippen MR) is 57.7 cm³/mol. The number of guanidine groups is 1. The highest BCUT2D eigenvalue weighted by Crippen LogP contribution is 1.73. The van der Waals surface area contributed by atoms with Crippen molar-refractivity contribution in [1.82, 2.24) is 10.6 Å². The summed E-state index contributed by atoms with van der Waals surface area (Å²) in [6.07, 6.45) is 0. The zero-order valence-electron chi connectivity index (χ0n) is 9.30. The van der Waals surface area contributed by atoms with Gasteiger partial charge in [-0.2, -0.15) is 0 Å². The molecule has 0 saturated heterocycles. The lowest BCUT2D eigenvalue weighted by molar-refractivity contribution is 0.152. The quantitative estimate of drug-likeness (QED) is 0.343. The summed E-state index contributed by atoms with van der Waals surface area (Å²) in [6.45, 7) is 5.61. The van der Waals surface area contributed by atoms with Crippen LogP contribution in [-0.4, -0.2) is 53.0 Å². The van der Waals surface area contributed by atoms with E-state index in [0.717, 1.165) is 25.7 Å². The zero-order chi connectivity index (χ0) is 10.6. The molecule has 0 aliphatic rings. The van der Waals surface area contributed by atoms with Gasteiger partial charge < -0.3 is 20.1 Å². The van der Waals surface area contributed by atoms with Gasteiger partial charge in [-0.05, 0) is 6.92 Å². The number of aliphatic imine (C=N–C) groups is 1. The van der Waals surface area contributed by atoms with Crippen molar-refractivity contribution in [3.05, 3.63) is 0 Å². The fourth-order valence-corrected chi connectivity index (χ4v) is 0.878. The number of methoxy groups -OCH3 is 1. The Morgan fingerprint density at radius 1 is 1.21 bits per heavy atom. The van der Waals surface area contributed by atoms with Gasteiger partial charge in [0.25, 0.3) is 0 Å². The topological polar surface area (TPSA) is 54.9 Å². The van der Waals surface area contributed by atoms with E-state index in [2.05, 4.69) is 15.6 Å². The molecule has 0 amide bonds. The number of hydrogen-bond acceptors (Lipinski definition) is 3. The predicted octanol–water partition coefficient (Wildman–Crippen LogP) is -0.166. The van der Waals surface area contributed by atoms with Gasteiger partial charge in [-0.15, -0.1) is 0 Å². The van der Waals surface area contributed by atoms with Gasteiger partial charge in [0.2, 0.25) is 0 Å². The van der Waals surface area contributed by atoms with Crippen LogP contribution in [0.15, 0.2) is 4.99 Å². The molecule has 0 aliphatic carbocycles. The first-order valence-corrected chi connectivity index (χ1v) is 4.86. The number of nitrogens with zero attached hydrogens (tertiary/aromatic N) is 1. The molecule has 0 bridgehead atoms. The third-order valence-electron chi connectivity index (χ3n) is 1.57. The SMILES string of the molecule is CCOCCNC(=NC)NCCOC. The Kier molecular flexibility index (Phi) is 9.68. The highest BCUT2D eigenvalue weighted by molar-refractivity contribution is 5.79. The van der Waals surface area contributed by atoms with Crippen LogP contribution in [0.25, 0.3) is 0 Å². The van der Waals surface area contributed by atoms with Gasteiger partial charge in [-0.25, -0.2) is 0 Å². The minimum atomic E-state index is 0.673. The molecule has 5 heteroatoms. The van der Waals surface area contributed by atoms with Crippen LogP contribution in [0.1, 0.15) is 6.92 Å². The third-order valence-corrected chi connectivity index (χ3v) is 1.57. The van der Waals surface area contributed by atoms with Crippen LogP contribution in [0, 0.1) is 0 Å². The van der Waals surface area contributed by atoms with Crippen molar-refractivity contribution in [2.45, 2.75) is 6.92 Å². The van der Waals surface area contributed by atoms with Crippen molar-refractivity contribution < 1.29 is 9.47 Å². The Labute approximate surface area is 85.9 Å². The maximum absolute atomic E-state index is 5.18. The van der Waals surface area contributed by atoms with E-state index >= 15 is 0 Å². The summed E-state index contributed by atoms with van der Waals surface area (Å²) in [5, 5.41) is 6.23. The van der Waals surface area contributed by atoms with Crippen LogP contribution >= 0.6 is 0 Å². The molecule has 84 valence electrons. The molecule has 0 unspecified atom stereocenters. The minimum Gasteiger partial charge on any atom is -0.383 e. The van der Waals surface area contributed by atoms with Gasteiger partial charge in [0, 0.05) is 33.9 Å². The van der Waals surface area contributed by atoms with E-state index in [0.29, 0.717) is 13.2 Å². The van der Waals surface area contributed by atoms with Gasteiger partial charge >= 0.3 is 0 Å². The molecule has 0 aliphatic heterocycles. The molecule has 0 atom stereocenters. The fourth-order valence-electron chi connectivity index (χ4n) is 0.878. The van der Waals surface area contributed by atoms with Crippen molar-refractivity contribution in [1.29, 1.82) is 0 Å². The standard InChI is InChI=1S/C9H21N3O2/c1-4-14-8-6-12-9(10-2)11-5-7-13-3/h4-8H2,1-3H3,(H2,10,11,12). The second-order valence-corrected chi connectivity index (χ2v) is 2.62. The van der Waals surface area contributed by atoms with Gasteiger partial charge in [0.1, 0.15) is 0 Å². The molecule has 0 saturated carbocycles. The van der Waals surface area contributed by atoms with E-state index in [9.17, 15) is 0 Å². The van der Waals surface area contributed by atoms with Crippen LogP contribution in [0.5, 0.6) is 0 Å². The normalized spacial score (nSPS) is 11.5. The van der Waals surface area contributed by atoms with Crippen LogP contribution in [-0.2, 0) is 9.47 Å². The summed E-state index contributed by atoms with van der Waals surface area (Å²) in [7, 11) is 3.41. The van der Waals surface area contributed by atoms with E-state index in [4.69, 9.17) is 9.47 Å². The van der Waals surface area contributed by atoms with E-state index in [1.54, 1.807) is 14.2 Å². The molecule has 0 aromatic rings. The van der Waals surface area contributed by atoms with E-state index in [1.807, 2.05) is 6.92 Å². The van der Waals surface area contributed by atoms with Gasteiger partial charge in [0.15, 0.2) is 5.96 Å². The Balaban J connectivity index is 3.39. The molecule has 0 spiro atoms. The molecule has 0 heterocycles. The first-order valence-electron chi connectivity index (χ1n) is 4.86. The molecular formula is C9H21N3O2. The molecule has 0 rings (SSSR count). The summed E-state index contributed by atoms with van der Waals surface area (Å²) < 4.78 is 10.1. The van der Waals surface area contributed by atoms with E-state index in [1.165, 1.54) is 0 Å². The van der Waals surface area contributed by atoms with Gasteiger partial charge in [-0.1, -0.05) is 0 Å². The van der Waals surface area contributed by atoms with Gasteiger partial charge in [0.05, 0.1) is 13.2 Å². The van der Waals surface area contributed by atoms with Crippen LogP contribution in [0.4, 0.5) is 0 Å². The Morgan fingerprint density at radius 2 is 1.86 bits per heavy atom. The maximum Gasteiger partial charge on any atom is 0.191 e. The van der Waals surface area contributed by atoms with Crippen molar-refractivity contribution in [2.75, 3.05) is 47.1 Å². The lowest BCUT2D eigenvalue weighted by Crippen LogP contribution is -2.40. The highest BCUT2D eigenvalue weighted by Gasteiger charge is 1.94. The molecular weight excluding hydrogens is 182 g/mol. The summed E-state index contributed by atoms with van der Waals surface area (Å²) in [5.41, 5.74) is 0. The molecule has 0 aromatic carbocycles. The summed E-state index contributed by atoms with van der Waals surface area (Å²) in [5.74, 6) is 0.779. The monoisotopic (exact) mass is 203 g/mol. The molecule has 14 heavy (non-hydrogen) atoms. The number of nitrogens with one attached hydrogen (secondary N) is 2. The molecule has 0 aromatic heterocycles. The van der Waals surface area contributed by atoms with Gasteiger partial charge in [-0.3, -0.25) is 4.99 Å². The molecule has 5 nitrogen and oxygen atoms in total. The van der Waals surface area contributed by atoms with Crippen molar-refractivity contribution in [3.8, 4) is 0 Å². The molecule has 0 fully saturated rings. The van der Waals surface area contributed by atoms with Crippen LogP contribution in [0.2, 0.25) is 0 Å². The maximum atomic E-state index is 5.18. The zero-order valence-corrected chi connectivity index (χ0v) is 9.30. The number of hydrogen-bond donors (Lipinski definition) is 2. The minimum absolute atomic E-state index is 0.673. The summed E-state index contributed by atoms with van der Waals surface area (Å²) in [4.78, 5) is 4.04. The Morgan fingerprint density at radius 3 is 2.36 bits per heavy atom. The van der Waals surface area contributed by atoms with E-state index in [-0.39, 0.29) is 0 Å². The van der Waals surface area contributed by atoms with Crippen LogP contribution in [0.3, 0.4) is 0 Å². The highest BCUT2D eigenvalue weighted by atomic mass is 16.5. The summed E-state index contributed by atoms with van der Waals surface area (Å²) in [6, 6.07) is 0. The average Bonchev–Trinajstić information content (AvgIpc) is 2.22. The first kappa shape index (κ1) is 13.2. The number of rotatable bonds is 7. The van der Waals surface area contributed by atoms with Crippen molar-refractivity contribution in [3.63, 3.8) is 0 Å². The smallest absolute Gasteiger partial charge is 0.191 e. The molecule has 2 N–H and O–H groups in total. The van der Waals surface area contributed by atoms with E-state index < -0.39 is 0 Å². The van der Waals surface area contributed by atoms with Crippen molar-refractivity contribution in [2.24, 2.45) is 4.99 Å².